The Bertz CT molecular complexity index is 842. The Hall–Kier alpha value is -3.16. The zero-order valence-electron chi connectivity index (χ0n) is 12.1. The quantitative estimate of drug-likeness (QED) is 0.567. The fourth-order valence-electron chi connectivity index (χ4n) is 2.09. The van der Waals surface area contributed by atoms with Gasteiger partial charge in [0.15, 0.2) is 0 Å². The Morgan fingerprint density at radius 2 is 2.09 bits per heavy atom. The summed E-state index contributed by atoms with van der Waals surface area (Å²) in [7, 11) is 3.66. The predicted molar refractivity (Wildman–Crippen MR) is 84.6 cm³/mol. The number of aromatic nitrogens is 3. The molecule has 0 amide bonds. The summed E-state index contributed by atoms with van der Waals surface area (Å²) in [6.07, 6.45) is 1.69. The molecule has 0 aliphatic carbocycles. The lowest BCUT2D eigenvalue weighted by Crippen LogP contribution is -2.12. The Balaban J connectivity index is 2.01. The smallest absolute Gasteiger partial charge is 0.311 e. The van der Waals surface area contributed by atoms with Crippen LogP contribution in [0, 0.1) is 10.1 Å². The minimum absolute atomic E-state index is 0.0714. The van der Waals surface area contributed by atoms with Gasteiger partial charge in [0.1, 0.15) is 5.82 Å². The molecule has 2 aromatic heterocycles. The van der Waals surface area contributed by atoms with Crippen LogP contribution in [0.4, 0.5) is 23.0 Å². The number of hydrogen-bond acceptors (Lipinski definition) is 6. The SMILES string of the molecule is CN(C)c1ccc([N+](=O)[O-])c(Nc2ccc3[nH]ncc3c2)n1. The monoisotopic (exact) mass is 298 g/mol. The van der Waals surface area contributed by atoms with Crippen LogP contribution in [0.1, 0.15) is 0 Å². The van der Waals surface area contributed by atoms with Crippen LogP contribution in [0.15, 0.2) is 36.5 Å². The number of hydrogen-bond donors (Lipinski definition) is 2. The largest absolute Gasteiger partial charge is 0.363 e. The summed E-state index contributed by atoms with van der Waals surface area (Å²) in [6, 6.07) is 8.58. The van der Waals surface area contributed by atoms with Gasteiger partial charge in [-0.15, -0.1) is 0 Å². The molecule has 0 unspecified atom stereocenters. The summed E-state index contributed by atoms with van der Waals surface area (Å²) < 4.78 is 0. The van der Waals surface area contributed by atoms with E-state index in [1.807, 2.05) is 32.3 Å². The van der Waals surface area contributed by atoms with Crippen LogP contribution in [0.5, 0.6) is 0 Å². The van der Waals surface area contributed by atoms with Crippen molar-refractivity contribution in [1.82, 2.24) is 15.2 Å². The van der Waals surface area contributed by atoms with Crippen LogP contribution >= 0.6 is 0 Å². The van der Waals surface area contributed by atoms with E-state index in [0.29, 0.717) is 11.5 Å². The molecule has 0 aliphatic heterocycles. The molecule has 2 heterocycles. The second-order valence-electron chi connectivity index (χ2n) is 4.99. The number of pyridine rings is 1. The minimum Gasteiger partial charge on any atom is -0.363 e. The highest BCUT2D eigenvalue weighted by molar-refractivity contribution is 5.83. The molecule has 8 nitrogen and oxygen atoms in total. The van der Waals surface area contributed by atoms with Crippen LogP contribution in [-0.2, 0) is 0 Å². The van der Waals surface area contributed by atoms with Crippen molar-refractivity contribution in [2.24, 2.45) is 0 Å². The first kappa shape index (κ1) is 13.8. The van der Waals surface area contributed by atoms with Crippen LogP contribution < -0.4 is 10.2 Å². The van der Waals surface area contributed by atoms with Gasteiger partial charge in [-0.3, -0.25) is 15.2 Å². The maximum absolute atomic E-state index is 11.2. The van der Waals surface area contributed by atoms with Gasteiger partial charge in [-0.25, -0.2) is 4.98 Å². The van der Waals surface area contributed by atoms with E-state index in [9.17, 15) is 10.1 Å². The first-order chi connectivity index (χ1) is 10.5. The first-order valence-corrected chi connectivity index (χ1v) is 6.57. The van der Waals surface area contributed by atoms with Crippen molar-refractivity contribution in [2.75, 3.05) is 24.3 Å². The maximum atomic E-state index is 11.2. The van der Waals surface area contributed by atoms with Crippen molar-refractivity contribution in [3.63, 3.8) is 0 Å². The molecule has 0 spiro atoms. The molecule has 3 aromatic rings. The zero-order valence-corrected chi connectivity index (χ0v) is 12.1. The van der Waals surface area contributed by atoms with Crippen molar-refractivity contribution in [3.05, 3.63) is 46.6 Å². The van der Waals surface area contributed by atoms with Gasteiger partial charge >= 0.3 is 5.69 Å². The normalized spacial score (nSPS) is 10.6. The van der Waals surface area contributed by atoms with E-state index >= 15 is 0 Å². The number of nitrogens with zero attached hydrogens (tertiary/aromatic N) is 4. The molecule has 0 fully saturated rings. The van der Waals surface area contributed by atoms with E-state index in [-0.39, 0.29) is 11.5 Å². The number of nitrogens with one attached hydrogen (secondary N) is 2. The Morgan fingerprint density at radius 3 is 2.82 bits per heavy atom. The third-order valence-electron chi connectivity index (χ3n) is 3.22. The van der Waals surface area contributed by atoms with Crippen molar-refractivity contribution in [3.8, 4) is 0 Å². The lowest BCUT2D eigenvalue weighted by Gasteiger charge is -2.13. The Kier molecular flexibility index (Phi) is 3.34. The van der Waals surface area contributed by atoms with Crippen LogP contribution in [0.3, 0.4) is 0 Å². The predicted octanol–water partition coefficient (Wildman–Crippen LogP) is 2.68. The molecule has 0 bridgehead atoms. The molecule has 22 heavy (non-hydrogen) atoms. The van der Waals surface area contributed by atoms with Gasteiger partial charge in [-0.1, -0.05) is 0 Å². The lowest BCUT2D eigenvalue weighted by molar-refractivity contribution is -0.384. The zero-order chi connectivity index (χ0) is 15.7. The van der Waals surface area contributed by atoms with E-state index in [0.717, 1.165) is 10.9 Å². The summed E-state index contributed by atoms with van der Waals surface area (Å²) in [5.74, 6) is 0.844. The second-order valence-corrected chi connectivity index (χ2v) is 4.99. The summed E-state index contributed by atoms with van der Waals surface area (Å²) in [6.45, 7) is 0. The van der Waals surface area contributed by atoms with Gasteiger partial charge in [0.25, 0.3) is 0 Å². The summed E-state index contributed by atoms with van der Waals surface area (Å²) in [4.78, 5) is 16.8. The molecular formula is C14H14N6O2. The van der Waals surface area contributed by atoms with Crippen molar-refractivity contribution in [1.29, 1.82) is 0 Å². The topological polar surface area (TPSA) is 100.0 Å². The first-order valence-electron chi connectivity index (χ1n) is 6.57. The van der Waals surface area contributed by atoms with Gasteiger partial charge in [0, 0.05) is 31.2 Å². The molecule has 8 heteroatoms. The van der Waals surface area contributed by atoms with Crippen molar-refractivity contribution >= 4 is 33.9 Å². The van der Waals surface area contributed by atoms with E-state index < -0.39 is 4.92 Å². The van der Waals surface area contributed by atoms with E-state index in [2.05, 4.69) is 20.5 Å². The highest BCUT2D eigenvalue weighted by Crippen LogP contribution is 2.29. The van der Waals surface area contributed by atoms with E-state index in [1.54, 1.807) is 17.2 Å². The van der Waals surface area contributed by atoms with Crippen molar-refractivity contribution < 1.29 is 4.92 Å². The van der Waals surface area contributed by atoms with Gasteiger partial charge in [0.05, 0.1) is 16.6 Å². The van der Waals surface area contributed by atoms with Crippen molar-refractivity contribution in [2.45, 2.75) is 0 Å². The number of anilines is 3. The summed E-state index contributed by atoms with van der Waals surface area (Å²) >= 11 is 0. The molecule has 0 saturated carbocycles. The lowest BCUT2D eigenvalue weighted by atomic mass is 10.2. The number of H-pyrrole nitrogens is 1. The molecule has 0 saturated heterocycles. The Morgan fingerprint density at radius 1 is 1.27 bits per heavy atom. The Labute approximate surface area is 125 Å². The van der Waals surface area contributed by atoms with Crippen LogP contribution in [0.2, 0.25) is 0 Å². The molecule has 112 valence electrons. The molecule has 1 aromatic carbocycles. The molecule has 3 rings (SSSR count). The van der Waals surface area contributed by atoms with Gasteiger partial charge < -0.3 is 10.2 Å². The fraction of sp³-hybridized carbons (Fsp3) is 0.143. The number of benzene rings is 1. The van der Waals surface area contributed by atoms with E-state index in [1.165, 1.54) is 6.07 Å². The summed E-state index contributed by atoms with van der Waals surface area (Å²) in [5, 5.41) is 21.9. The molecule has 0 aliphatic rings. The average Bonchev–Trinajstić information content (AvgIpc) is 2.94. The standard InChI is InChI=1S/C14H14N6O2/c1-19(2)13-6-5-12(20(21)22)14(17-13)16-10-3-4-11-9(7-10)8-15-18-11/h3-8H,1-2H3,(H,15,18)(H,16,17). The average molecular weight is 298 g/mol. The minimum atomic E-state index is -0.453. The van der Waals surface area contributed by atoms with Gasteiger partial charge in [0.2, 0.25) is 5.82 Å². The van der Waals surface area contributed by atoms with E-state index in [4.69, 9.17) is 0 Å². The third-order valence-corrected chi connectivity index (χ3v) is 3.22. The number of rotatable bonds is 4. The van der Waals surface area contributed by atoms with Gasteiger partial charge in [-0.05, 0) is 24.3 Å². The third kappa shape index (κ3) is 2.53. The highest BCUT2D eigenvalue weighted by atomic mass is 16.6. The van der Waals surface area contributed by atoms with Crippen LogP contribution in [0.25, 0.3) is 10.9 Å². The molecular weight excluding hydrogens is 284 g/mol. The van der Waals surface area contributed by atoms with Gasteiger partial charge in [-0.2, -0.15) is 5.10 Å². The molecule has 0 atom stereocenters. The summed E-state index contributed by atoms with van der Waals surface area (Å²) in [5.41, 5.74) is 1.54. The second kappa shape index (κ2) is 5.32. The molecule has 0 radical (unpaired) electrons. The van der Waals surface area contributed by atoms with Crippen LogP contribution in [-0.4, -0.2) is 34.2 Å². The number of nitro groups is 1. The number of fused-ring (bicyclic) bond motifs is 1. The molecule has 2 N–H and O–H groups in total. The highest BCUT2D eigenvalue weighted by Gasteiger charge is 2.17. The number of aromatic amines is 1. The maximum Gasteiger partial charge on any atom is 0.311 e. The fourth-order valence-corrected chi connectivity index (χ4v) is 2.09.